The van der Waals surface area contributed by atoms with Crippen molar-refractivity contribution in [1.82, 2.24) is 9.97 Å². The molecule has 0 aliphatic heterocycles. The second-order valence-corrected chi connectivity index (χ2v) is 6.07. The van der Waals surface area contributed by atoms with Crippen LogP contribution in [0, 0.1) is 6.92 Å². The number of carbonyl (C=O) groups excluding carboxylic acids is 1. The van der Waals surface area contributed by atoms with Gasteiger partial charge in [-0.15, -0.1) is 0 Å². The Hall–Kier alpha value is -2.69. The topological polar surface area (TPSA) is 64.1 Å². The molecule has 0 spiro atoms. The lowest BCUT2D eigenvalue weighted by Crippen LogP contribution is -2.18. The van der Waals surface area contributed by atoms with E-state index in [4.69, 9.17) is 4.74 Å². The number of nitrogens with zero attached hydrogens (tertiary/aromatic N) is 2. The van der Waals surface area contributed by atoms with E-state index in [-0.39, 0.29) is 5.88 Å². The normalized spacial score (nSPS) is 14.4. The van der Waals surface area contributed by atoms with Gasteiger partial charge in [0.2, 0.25) is 5.88 Å². The summed E-state index contributed by atoms with van der Waals surface area (Å²) in [5.41, 5.74) is 5.55. The maximum atomic E-state index is 12.0. The fraction of sp³-hybridized carbons (Fsp3) is 0.316. The number of hydrogen-bond donors (Lipinski definition) is 1. The molecule has 0 saturated carbocycles. The summed E-state index contributed by atoms with van der Waals surface area (Å²) >= 11 is 0. The van der Waals surface area contributed by atoms with Crippen LogP contribution in [0.1, 0.15) is 43.7 Å². The Kier molecular flexibility index (Phi) is 4.89. The molecule has 3 rings (SSSR count). The van der Waals surface area contributed by atoms with Crippen LogP contribution in [0.15, 0.2) is 42.4 Å². The zero-order valence-electron chi connectivity index (χ0n) is 14.0. The van der Waals surface area contributed by atoms with E-state index in [1.165, 1.54) is 42.3 Å². The van der Waals surface area contributed by atoms with Gasteiger partial charge in [0, 0.05) is 17.4 Å². The summed E-state index contributed by atoms with van der Waals surface area (Å²) in [6.07, 6.45) is 7.24. The van der Waals surface area contributed by atoms with Gasteiger partial charge in [-0.05, 0) is 62.8 Å². The van der Waals surface area contributed by atoms with Gasteiger partial charge in [-0.2, -0.15) is 0 Å². The van der Waals surface area contributed by atoms with Crippen molar-refractivity contribution in [2.24, 2.45) is 0 Å². The number of carbonyl (C=O) groups is 1. The number of hydrogen-bond acceptors (Lipinski definition) is 4. The smallest absolute Gasteiger partial charge is 0.391 e. The summed E-state index contributed by atoms with van der Waals surface area (Å²) in [5.74, 6) is 0.266. The van der Waals surface area contributed by atoms with Crippen LogP contribution in [0.3, 0.4) is 0 Å². The molecule has 1 amide bonds. The predicted octanol–water partition coefficient (Wildman–Crippen LogP) is 4.74. The molecular weight excluding hydrogens is 302 g/mol. The zero-order valence-corrected chi connectivity index (χ0v) is 14.0. The zero-order chi connectivity index (χ0) is 16.9. The first-order chi connectivity index (χ1) is 11.6. The van der Waals surface area contributed by atoms with Crippen molar-refractivity contribution in [1.29, 1.82) is 0 Å². The minimum atomic E-state index is -0.558. The summed E-state index contributed by atoms with van der Waals surface area (Å²) in [6, 6.07) is 7.90. The Morgan fingerprint density at radius 3 is 2.58 bits per heavy atom. The summed E-state index contributed by atoms with van der Waals surface area (Å²) in [7, 11) is 0. The fourth-order valence-electron chi connectivity index (χ4n) is 2.93. The number of amides is 1. The monoisotopic (exact) mass is 323 g/mol. The van der Waals surface area contributed by atoms with Crippen molar-refractivity contribution in [3.8, 4) is 5.88 Å². The SMILES string of the molecule is CC1=C(c2ccc(NC(=O)Oc3ncncc3C)cc2)CCCC1. The fourth-order valence-corrected chi connectivity index (χ4v) is 2.93. The van der Waals surface area contributed by atoms with Crippen LogP contribution in [0.2, 0.25) is 0 Å². The lowest BCUT2D eigenvalue weighted by molar-refractivity contribution is 0.213. The van der Waals surface area contributed by atoms with E-state index >= 15 is 0 Å². The van der Waals surface area contributed by atoms with Gasteiger partial charge >= 0.3 is 6.09 Å². The molecule has 0 saturated heterocycles. The van der Waals surface area contributed by atoms with Crippen molar-refractivity contribution in [3.05, 3.63) is 53.5 Å². The van der Waals surface area contributed by atoms with E-state index in [1.807, 2.05) is 12.1 Å². The number of allylic oxidation sites excluding steroid dienone is 2. The van der Waals surface area contributed by atoms with E-state index < -0.39 is 6.09 Å². The van der Waals surface area contributed by atoms with E-state index in [1.54, 1.807) is 13.1 Å². The highest BCUT2D eigenvalue weighted by Crippen LogP contribution is 2.32. The van der Waals surface area contributed by atoms with E-state index in [0.29, 0.717) is 11.3 Å². The Balaban J connectivity index is 1.66. The minimum absolute atomic E-state index is 0.266. The van der Waals surface area contributed by atoms with Gasteiger partial charge in [-0.1, -0.05) is 17.7 Å². The van der Waals surface area contributed by atoms with Crippen LogP contribution in [0.4, 0.5) is 10.5 Å². The molecule has 0 fully saturated rings. The van der Waals surface area contributed by atoms with Gasteiger partial charge in [0.25, 0.3) is 0 Å². The summed E-state index contributed by atoms with van der Waals surface area (Å²) in [4.78, 5) is 19.8. The lowest BCUT2D eigenvalue weighted by Gasteiger charge is -2.18. The second kappa shape index (κ2) is 7.25. The average molecular weight is 323 g/mol. The number of aryl methyl sites for hydroxylation is 1. The summed E-state index contributed by atoms with van der Waals surface area (Å²) in [5, 5.41) is 2.72. The molecule has 1 aliphatic rings. The number of aromatic nitrogens is 2. The highest BCUT2D eigenvalue weighted by atomic mass is 16.6. The number of nitrogens with one attached hydrogen (secondary N) is 1. The molecule has 1 aromatic carbocycles. The van der Waals surface area contributed by atoms with Gasteiger partial charge in [0.15, 0.2) is 0 Å². The Morgan fingerprint density at radius 1 is 1.12 bits per heavy atom. The van der Waals surface area contributed by atoms with E-state index in [0.717, 1.165) is 6.42 Å². The third-order valence-electron chi connectivity index (χ3n) is 4.26. The molecule has 2 aromatic rings. The van der Waals surface area contributed by atoms with E-state index in [9.17, 15) is 4.79 Å². The minimum Gasteiger partial charge on any atom is -0.391 e. The molecule has 5 nitrogen and oxygen atoms in total. The quantitative estimate of drug-likeness (QED) is 0.886. The maximum Gasteiger partial charge on any atom is 0.418 e. The van der Waals surface area contributed by atoms with Crippen molar-refractivity contribution < 1.29 is 9.53 Å². The Bertz CT molecular complexity index is 766. The van der Waals surface area contributed by atoms with E-state index in [2.05, 4.69) is 34.3 Å². The van der Waals surface area contributed by atoms with Crippen LogP contribution < -0.4 is 10.1 Å². The molecule has 0 bridgehead atoms. The summed E-state index contributed by atoms with van der Waals surface area (Å²) in [6.45, 7) is 4.00. The third-order valence-corrected chi connectivity index (χ3v) is 4.26. The predicted molar refractivity (Wildman–Crippen MR) is 93.9 cm³/mol. The molecule has 0 unspecified atom stereocenters. The van der Waals surface area contributed by atoms with Crippen LogP contribution >= 0.6 is 0 Å². The molecule has 0 radical (unpaired) electrons. The number of ether oxygens (including phenoxy) is 1. The van der Waals surface area contributed by atoms with Crippen LogP contribution in [-0.2, 0) is 0 Å². The molecular formula is C19H21N3O2. The third kappa shape index (κ3) is 3.79. The molecule has 1 aliphatic carbocycles. The molecule has 0 atom stereocenters. The van der Waals surface area contributed by atoms with Crippen molar-refractivity contribution in [3.63, 3.8) is 0 Å². The van der Waals surface area contributed by atoms with Gasteiger partial charge < -0.3 is 4.74 Å². The first kappa shape index (κ1) is 16.2. The van der Waals surface area contributed by atoms with Crippen LogP contribution in [-0.4, -0.2) is 16.1 Å². The van der Waals surface area contributed by atoms with Gasteiger partial charge in [-0.25, -0.2) is 14.8 Å². The molecule has 1 aromatic heterocycles. The first-order valence-corrected chi connectivity index (χ1v) is 8.18. The number of rotatable bonds is 3. The number of benzene rings is 1. The standard InChI is InChI=1S/C19H21N3O2/c1-13-5-3-4-6-17(13)15-7-9-16(10-8-15)22-19(23)24-18-14(2)11-20-12-21-18/h7-12H,3-6H2,1-2H3,(H,22,23). The van der Waals surface area contributed by atoms with Crippen molar-refractivity contribution >= 4 is 17.4 Å². The second-order valence-electron chi connectivity index (χ2n) is 6.07. The molecule has 124 valence electrons. The molecule has 5 heteroatoms. The van der Waals surface area contributed by atoms with Gasteiger partial charge in [-0.3, -0.25) is 5.32 Å². The van der Waals surface area contributed by atoms with Crippen molar-refractivity contribution in [2.75, 3.05) is 5.32 Å². The summed E-state index contributed by atoms with van der Waals surface area (Å²) < 4.78 is 5.20. The molecule has 1 N–H and O–H groups in total. The van der Waals surface area contributed by atoms with Gasteiger partial charge in [0.05, 0.1) is 0 Å². The average Bonchev–Trinajstić information content (AvgIpc) is 2.58. The highest BCUT2D eigenvalue weighted by molar-refractivity contribution is 5.86. The van der Waals surface area contributed by atoms with Crippen molar-refractivity contribution in [2.45, 2.75) is 39.5 Å². The lowest BCUT2D eigenvalue weighted by atomic mass is 9.88. The van der Waals surface area contributed by atoms with Gasteiger partial charge in [0.1, 0.15) is 6.33 Å². The van der Waals surface area contributed by atoms with Crippen LogP contribution in [0.25, 0.3) is 5.57 Å². The largest absolute Gasteiger partial charge is 0.418 e. The first-order valence-electron chi connectivity index (χ1n) is 8.18. The maximum absolute atomic E-state index is 12.0. The Labute approximate surface area is 141 Å². The highest BCUT2D eigenvalue weighted by Gasteiger charge is 2.12. The Morgan fingerprint density at radius 2 is 1.88 bits per heavy atom. The molecule has 1 heterocycles. The molecule has 24 heavy (non-hydrogen) atoms. The van der Waals surface area contributed by atoms with Crippen LogP contribution in [0.5, 0.6) is 5.88 Å². The number of anilines is 1.